The van der Waals surface area contributed by atoms with Crippen LogP contribution in [0.25, 0.3) is 0 Å². The highest BCUT2D eigenvalue weighted by Gasteiger charge is 2.22. The van der Waals surface area contributed by atoms with E-state index in [0.29, 0.717) is 16.1 Å². The van der Waals surface area contributed by atoms with E-state index in [4.69, 9.17) is 23.2 Å². The number of rotatable bonds is 7. The molecule has 7 nitrogen and oxygen atoms in total. The second-order valence-electron chi connectivity index (χ2n) is 7.04. The van der Waals surface area contributed by atoms with Gasteiger partial charge in [-0.3, -0.25) is 14.4 Å². The van der Waals surface area contributed by atoms with E-state index in [9.17, 15) is 14.4 Å². The minimum Gasteiger partial charge on any atom is -0.345 e. The largest absolute Gasteiger partial charge is 0.345 e. The number of anilines is 1. The number of nitrogens with zero attached hydrogens (tertiary/aromatic N) is 1. The number of aryl methyl sites for hydroxylation is 1. The van der Waals surface area contributed by atoms with Gasteiger partial charge in [-0.15, -0.1) is 11.3 Å². The third-order valence-corrected chi connectivity index (χ3v) is 6.48. The molecular formula is C20H22Cl2N4O3S. The second kappa shape index (κ2) is 10.2. The molecule has 0 bridgehead atoms. The van der Waals surface area contributed by atoms with Crippen LogP contribution >= 0.6 is 34.5 Å². The Morgan fingerprint density at radius 3 is 2.67 bits per heavy atom. The molecule has 1 unspecified atom stereocenters. The van der Waals surface area contributed by atoms with Crippen LogP contribution in [0.3, 0.4) is 0 Å². The number of carbonyl (C=O) groups is 3. The van der Waals surface area contributed by atoms with E-state index in [-0.39, 0.29) is 29.6 Å². The highest BCUT2D eigenvalue weighted by atomic mass is 35.5. The van der Waals surface area contributed by atoms with Crippen molar-refractivity contribution in [2.75, 3.05) is 18.4 Å². The number of fused-ring (bicyclic) bond motifs is 1. The van der Waals surface area contributed by atoms with Gasteiger partial charge in [0.1, 0.15) is 0 Å². The van der Waals surface area contributed by atoms with Gasteiger partial charge >= 0.3 is 0 Å². The van der Waals surface area contributed by atoms with Gasteiger partial charge in [-0.2, -0.15) is 0 Å². The van der Waals surface area contributed by atoms with Crippen LogP contribution < -0.4 is 16.0 Å². The van der Waals surface area contributed by atoms with Crippen LogP contribution in [-0.2, 0) is 22.4 Å². The van der Waals surface area contributed by atoms with Crippen molar-refractivity contribution < 1.29 is 14.4 Å². The maximum absolute atomic E-state index is 12.1. The molecule has 3 N–H and O–H groups in total. The van der Waals surface area contributed by atoms with E-state index in [0.717, 1.165) is 31.4 Å². The van der Waals surface area contributed by atoms with Gasteiger partial charge in [0.25, 0.3) is 5.91 Å². The summed E-state index contributed by atoms with van der Waals surface area (Å²) in [5.74, 6) is -0.685. The molecule has 0 fully saturated rings. The highest BCUT2D eigenvalue weighted by Crippen LogP contribution is 2.33. The van der Waals surface area contributed by atoms with Crippen molar-refractivity contribution in [3.05, 3.63) is 44.4 Å². The fraction of sp³-hybridized carbons (Fsp3) is 0.400. The summed E-state index contributed by atoms with van der Waals surface area (Å²) in [5.41, 5.74) is 1.28. The lowest BCUT2D eigenvalue weighted by atomic mass is 9.89. The van der Waals surface area contributed by atoms with E-state index in [1.165, 1.54) is 34.4 Å². The Morgan fingerprint density at radius 2 is 1.93 bits per heavy atom. The van der Waals surface area contributed by atoms with Crippen LogP contribution in [0.4, 0.5) is 5.13 Å². The minimum absolute atomic E-state index is 0.191. The molecule has 2 aromatic rings. The number of amides is 3. The number of aromatic nitrogens is 1. The van der Waals surface area contributed by atoms with Crippen LogP contribution in [-0.4, -0.2) is 35.8 Å². The van der Waals surface area contributed by atoms with E-state index >= 15 is 0 Å². The highest BCUT2D eigenvalue weighted by molar-refractivity contribution is 7.15. The summed E-state index contributed by atoms with van der Waals surface area (Å²) in [7, 11) is 0. The second-order valence-corrected chi connectivity index (χ2v) is 8.96. The van der Waals surface area contributed by atoms with Crippen LogP contribution in [0.1, 0.15) is 40.7 Å². The fourth-order valence-corrected chi connectivity index (χ4v) is 4.81. The average Bonchev–Trinajstić information content (AvgIpc) is 3.11. The molecule has 30 heavy (non-hydrogen) atoms. The normalized spacial score (nSPS) is 15.2. The summed E-state index contributed by atoms with van der Waals surface area (Å²) in [6, 6.07) is 4.45. The zero-order valence-corrected chi connectivity index (χ0v) is 18.7. The molecule has 160 valence electrons. The first kappa shape index (κ1) is 22.5. The first-order chi connectivity index (χ1) is 14.4. The Balaban J connectivity index is 1.42. The number of benzene rings is 1. The van der Waals surface area contributed by atoms with Gasteiger partial charge in [-0.25, -0.2) is 4.98 Å². The molecule has 1 atom stereocenters. The zero-order valence-electron chi connectivity index (χ0n) is 16.4. The van der Waals surface area contributed by atoms with Gasteiger partial charge in [-0.1, -0.05) is 36.5 Å². The van der Waals surface area contributed by atoms with Gasteiger partial charge in [0.05, 0.1) is 29.4 Å². The van der Waals surface area contributed by atoms with Crippen LogP contribution in [0.5, 0.6) is 0 Å². The predicted molar refractivity (Wildman–Crippen MR) is 118 cm³/mol. The molecule has 1 aromatic heterocycles. The van der Waals surface area contributed by atoms with Crippen LogP contribution in [0.15, 0.2) is 18.2 Å². The SMILES string of the molecule is CCC1CCc2nc(NC(=O)CNC(=O)CNC(=O)c3ccc(Cl)cc3Cl)sc2C1. The first-order valence-electron chi connectivity index (χ1n) is 9.64. The van der Waals surface area contributed by atoms with Crippen molar-refractivity contribution >= 4 is 57.4 Å². The Labute approximate surface area is 188 Å². The van der Waals surface area contributed by atoms with E-state index in [1.807, 2.05) is 0 Å². The van der Waals surface area contributed by atoms with Crippen LogP contribution in [0.2, 0.25) is 10.0 Å². The standard InChI is InChI=1S/C20H22Cl2N4O3S/c1-2-11-3-6-15-16(7-11)30-20(25-15)26-18(28)10-23-17(27)9-24-19(29)13-5-4-12(21)8-14(13)22/h4-5,8,11H,2-3,6-7,9-10H2,1H3,(H,23,27)(H,24,29)(H,25,26,28). The molecule has 3 amide bonds. The molecule has 1 heterocycles. The fourth-order valence-electron chi connectivity index (χ4n) is 3.18. The molecule has 0 spiro atoms. The lowest BCUT2D eigenvalue weighted by molar-refractivity contribution is -0.123. The van der Waals surface area contributed by atoms with Gasteiger partial charge in [-0.05, 0) is 43.4 Å². The molecule has 1 aliphatic carbocycles. The average molecular weight is 469 g/mol. The topological polar surface area (TPSA) is 100 Å². The number of carbonyl (C=O) groups excluding carboxylic acids is 3. The maximum atomic E-state index is 12.1. The zero-order chi connectivity index (χ0) is 21.7. The summed E-state index contributed by atoms with van der Waals surface area (Å²) in [4.78, 5) is 41.9. The molecule has 1 aromatic carbocycles. The Kier molecular flexibility index (Phi) is 7.69. The van der Waals surface area contributed by atoms with Crippen molar-refractivity contribution in [1.29, 1.82) is 0 Å². The lowest BCUT2D eigenvalue weighted by Crippen LogP contribution is -2.40. The van der Waals surface area contributed by atoms with Crippen molar-refractivity contribution in [3.8, 4) is 0 Å². The van der Waals surface area contributed by atoms with Crippen molar-refractivity contribution in [2.45, 2.75) is 32.6 Å². The third-order valence-electron chi connectivity index (χ3n) is 4.90. The minimum atomic E-state index is -0.505. The Hall–Kier alpha value is -2.16. The van der Waals surface area contributed by atoms with Gasteiger partial charge < -0.3 is 16.0 Å². The summed E-state index contributed by atoms with van der Waals surface area (Å²) in [6.45, 7) is 1.70. The molecular weight excluding hydrogens is 447 g/mol. The smallest absolute Gasteiger partial charge is 0.253 e. The van der Waals surface area contributed by atoms with Gasteiger partial charge in [0.2, 0.25) is 11.8 Å². The molecule has 10 heteroatoms. The van der Waals surface area contributed by atoms with E-state index in [1.54, 1.807) is 0 Å². The lowest BCUT2D eigenvalue weighted by Gasteiger charge is -2.18. The molecule has 1 aliphatic rings. The summed E-state index contributed by atoms with van der Waals surface area (Å²) >= 11 is 13.3. The maximum Gasteiger partial charge on any atom is 0.253 e. The molecule has 0 aliphatic heterocycles. The molecule has 0 saturated carbocycles. The van der Waals surface area contributed by atoms with Crippen LogP contribution in [0, 0.1) is 5.92 Å². The number of halogens is 2. The molecule has 0 saturated heterocycles. The predicted octanol–water partition coefficient (Wildman–Crippen LogP) is 3.45. The van der Waals surface area contributed by atoms with E-state index in [2.05, 4.69) is 27.9 Å². The number of hydrogen-bond acceptors (Lipinski definition) is 5. The Bertz CT molecular complexity index is 964. The Morgan fingerprint density at radius 1 is 1.17 bits per heavy atom. The summed E-state index contributed by atoms with van der Waals surface area (Å²) in [6.07, 6.45) is 4.22. The molecule has 0 radical (unpaired) electrons. The summed E-state index contributed by atoms with van der Waals surface area (Å²) in [5, 5.41) is 8.81. The number of hydrogen-bond donors (Lipinski definition) is 3. The molecule has 3 rings (SSSR count). The van der Waals surface area contributed by atoms with Crippen molar-refractivity contribution in [1.82, 2.24) is 15.6 Å². The number of thiazole rings is 1. The summed E-state index contributed by atoms with van der Waals surface area (Å²) < 4.78 is 0. The first-order valence-corrected chi connectivity index (χ1v) is 11.2. The van der Waals surface area contributed by atoms with E-state index < -0.39 is 11.8 Å². The third kappa shape index (κ3) is 5.93. The van der Waals surface area contributed by atoms with Crippen molar-refractivity contribution in [2.24, 2.45) is 5.92 Å². The van der Waals surface area contributed by atoms with Gasteiger partial charge in [0, 0.05) is 9.90 Å². The quantitative estimate of drug-likeness (QED) is 0.579. The number of nitrogens with one attached hydrogen (secondary N) is 3. The van der Waals surface area contributed by atoms with Gasteiger partial charge in [0.15, 0.2) is 5.13 Å². The van der Waals surface area contributed by atoms with Crippen molar-refractivity contribution in [3.63, 3.8) is 0 Å². The monoisotopic (exact) mass is 468 g/mol.